The van der Waals surface area contributed by atoms with Crippen LogP contribution in [0.15, 0.2) is 12.1 Å². The quantitative estimate of drug-likeness (QED) is 0.264. The van der Waals surface area contributed by atoms with E-state index in [1.165, 1.54) is 6.07 Å². The van der Waals surface area contributed by atoms with Crippen LogP contribution >= 0.6 is 0 Å². The Balaban J connectivity index is 2.63. The normalized spacial score (nSPS) is 11.2. The Hall–Kier alpha value is -2.11. The topological polar surface area (TPSA) is 102 Å². The highest BCUT2D eigenvalue weighted by atomic mass is 16.6. The first-order valence-corrected chi connectivity index (χ1v) is 6.88. The summed E-state index contributed by atoms with van der Waals surface area (Å²) in [4.78, 5) is 10.5. The van der Waals surface area contributed by atoms with Crippen molar-refractivity contribution in [1.29, 1.82) is 5.41 Å². The zero-order valence-corrected chi connectivity index (χ0v) is 13.0. The first-order chi connectivity index (χ1) is 9.65. The predicted octanol–water partition coefficient (Wildman–Crippen LogP) is 3.33. The summed E-state index contributed by atoms with van der Waals surface area (Å²) in [6, 6.07) is 3.23. The SMILES string of the molecule is Cc1cc([N+](=O)[O-])c(C)cc1OCCCC(C)(C)C(=N)N. The number of benzene rings is 1. The van der Waals surface area contributed by atoms with Crippen LogP contribution in [0, 0.1) is 34.8 Å². The van der Waals surface area contributed by atoms with Crippen molar-refractivity contribution in [3.05, 3.63) is 33.4 Å². The molecule has 0 aliphatic rings. The van der Waals surface area contributed by atoms with Crippen LogP contribution in [0.1, 0.15) is 37.8 Å². The highest BCUT2D eigenvalue weighted by Gasteiger charge is 2.21. The fraction of sp³-hybridized carbons (Fsp3) is 0.533. The summed E-state index contributed by atoms with van der Waals surface area (Å²) in [5.41, 5.74) is 6.65. The van der Waals surface area contributed by atoms with Gasteiger partial charge in [0.15, 0.2) is 0 Å². The molecule has 0 bridgehead atoms. The summed E-state index contributed by atoms with van der Waals surface area (Å²) < 4.78 is 5.69. The van der Waals surface area contributed by atoms with E-state index >= 15 is 0 Å². The fourth-order valence-electron chi connectivity index (χ4n) is 1.96. The second-order valence-corrected chi connectivity index (χ2v) is 5.91. The Kier molecular flexibility index (Phi) is 5.29. The molecule has 0 fully saturated rings. The van der Waals surface area contributed by atoms with Gasteiger partial charge in [-0.2, -0.15) is 0 Å². The Labute approximate surface area is 125 Å². The van der Waals surface area contributed by atoms with Crippen molar-refractivity contribution in [3.63, 3.8) is 0 Å². The highest BCUT2D eigenvalue weighted by Crippen LogP contribution is 2.28. The van der Waals surface area contributed by atoms with Gasteiger partial charge >= 0.3 is 0 Å². The number of hydrogen-bond donors (Lipinski definition) is 2. The molecule has 0 saturated heterocycles. The maximum atomic E-state index is 10.9. The molecule has 116 valence electrons. The molecule has 0 heterocycles. The molecule has 0 aliphatic heterocycles. The molecule has 0 aliphatic carbocycles. The number of hydrogen-bond acceptors (Lipinski definition) is 4. The van der Waals surface area contributed by atoms with Crippen molar-refractivity contribution in [3.8, 4) is 5.75 Å². The van der Waals surface area contributed by atoms with Gasteiger partial charge in [0.1, 0.15) is 5.75 Å². The second-order valence-electron chi connectivity index (χ2n) is 5.91. The smallest absolute Gasteiger partial charge is 0.272 e. The van der Waals surface area contributed by atoms with Crippen molar-refractivity contribution in [1.82, 2.24) is 0 Å². The van der Waals surface area contributed by atoms with Crippen LogP contribution in [0.25, 0.3) is 0 Å². The molecule has 0 saturated carbocycles. The lowest BCUT2D eigenvalue weighted by Gasteiger charge is -2.22. The lowest BCUT2D eigenvalue weighted by atomic mass is 9.87. The number of nitrogens with two attached hydrogens (primary N) is 1. The molecule has 0 amide bonds. The van der Waals surface area contributed by atoms with Crippen LogP contribution in [-0.2, 0) is 0 Å². The van der Waals surface area contributed by atoms with Gasteiger partial charge in [-0.3, -0.25) is 15.5 Å². The van der Waals surface area contributed by atoms with Crippen LogP contribution in [-0.4, -0.2) is 17.4 Å². The van der Waals surface area contributed by atoms with E-state index in [0.29, 0.717) is 17.9 Å². The van der Waals surface area contributed by atoms with Crippen molar-refractivity contribution in [2.75, 3.05) is 6.61 Å². The lowest BCUT2D eigenvalue weighted by molar-refractivity contribution is -0.385. The molecule has 1 aromatic carbocycles. The van der Waals surface area contributed by atoms with Gasteiger partial charge in [-0.1, -0.05) is 13.8 Å². The molecule has 0 unspecified atom stereocenters. The molecule has 1 rings (SSSR count). The zero-order valence-electron chi connectivity index (χ0n) is 13.0. The maximum Gasteiger partial charge on any atom is 0.272 e. The van der Waals surface area contributed by atoms with Gasteiger partial charge in [-0.15, -0.1) is 0 Å². The van der Waals surface area contributed by atoms with E-state index in [2.05, 4.69) is 0 Å². The van der Waals surface area contributed by atoms with Crippen molar-refractivity contribution < 1.29 is 9.66 Å². The molecular weight excluding hydrogens is 270 g/mol. The summed E-state index contributed by atoms with van der Waals surface area (Å²) in [6.45, 7) is 7.84. The third kappa shape index (κ3) is 4.44. The number of aryl methyl sites for hydroxylation is 2. The maximum absolute atomic E-state index is 10.9. The second kappa shape index (κ2) is 6.56. The largest absolute Gasteiger partial charge is 0.493 e. The van der Waals surface area contributed by atoms with E-state index in [4.69, 9.17) is 15.9 Å². The third-order valence-corrected chi connectivity index (χ3v) is 3.62. The minimum absolute atomic E-state index is 0.109. The summed E-state index contributed by atoms with van der Waals surface area (Å²) in [5, 5.41) is 18.3. The average Bonchev–Trinajstić information content (AvgIpc) is 2.37. The van der Waals surface area contributed by atoms with E-state index in [9.17, 15) is 10.1 Å². The van der Waals surface area contributed by atoms with Crippen molar-refractivity contribution >= 4 is 11.5 Å². The van der Waals surface area contributed by atoms with Crippen LogP contribution in [0.2, 0.25) is 0 Å². The van der Waals surface area contributed by atoms with Gasteiger partial charge in [-0.25, -0.2) is 0 Å². The molecular formula is C15H23N3O3. The molecule has 3 N–H and O–H groups in total. The van der Waals surface area contributed by atoms with Crippen LogP contribution in [0.4, 0.5) is 5.69 Å². The Bertz CT molecular complexity index is 553. The molecule has 6 heteroatoms. The summed E-state index contributed by atoms with van der Waals surface area (Å²) in [6.07, 6.45) is 1.52. The lowest BCUT2D eigenvalue weighted by Crippen LogP contribution is -2.31. The summed E-state index contributed by atoms with van der Waals surface area (Å²) in [7, 11) is 0. The standard InChI is InChI=1S/C15H23N3O3/c1-10-9-13(11(2)8-12(10)18(19)20)21-7-5-6-15(3,4)14(16)17/h8-9H,5-7H2,1-4H3,(H3,16,17). The van der Waals surface area contributed by atoms with Crippen molar-refractivity contribution in [2.45, 2.75) is 40.5 Å². The molecule has 0 spiro atoms. The van der Waals surface area contributed by atoms with Gasteiger partial charge in [0, 0.05) is 17.0 Å². The van der Waals surface area contributed by atoms with Gasteiger partial charge in [0.05, 0.1) is 17.4 Å². The number of ether oxygens (including phenoxy) is 1. The monoisotopic (exact) mass is 293 g/mol. The Morgan fingerprint density at radius 3 is 2.52 bits per heavy atom. The van der Waals surface area contributed by atoms with Crippen LogP contribution in [0.3, 0.4) is 0 Å². The average molecular weight is 293 g/mol. The zero-order chi connectivity index (χ0) is 16.2. The Morgan fingerprint density at radius 1 is 1.38 bits per heavy atom. The number of rotatable bonds is 7. The summed E-state index contributed by atoms with van der Waals surface area (Å²) >= 11 is 0. The van der Waals surface area contributed by atoms with E-state index in [0.717, 1.165) is 18.4 Å². The van der Waals surface area contributed by atoms with E-state index < -0.39 is 0 Å². The minimum atomic E-state index is -0.387. The molecule has 1 aromatic rings. The molecule has 0 radical (unpaired) electrons. The fourth-order valence-corrected chi connectivity index (χ4v) is 1.96. The first-order valence-electron chi connectivity index (χ1n) is 6.88. The van der Waals surface area contributed by atoms with E-state index in [1.54, 1.807) is 19.9 Å². The van der Waals surface area contributed by atoms with E-state index in [-0.39, 0.29) is 21.9 Å². The molecule has 6 nitrogen and oxygen atoms in total. The van der Waals surface area contributed by atoms with Crippen molar-refractivity contribution in [2.24, 2.45) is 11.1 Å². The predicted molar refractivity (Wildman–Crippen MR) is 83.0 cm³/mol. The minimum Gasteiger partial charge on any atom is -0.493 e. The number of nitrogens with zero attached hydrogens (tertiary/aromatic N) is 1. The summed E-state index contributed by atoms with van der Waals surface area (Å²) in [5.74, 6) is 0.837. The number of nitro benzene ring substituents is 1. The number of amidine groups is 1. The van der Waals surface area contributed by atoms with E-state index in [1.807, 2.05) is 13.8 Å². The number of nitrogens with one attached hydrogen (secondary N) is 1. The number of nitro groups is 1. The molecule has 0 aromatic heterocycles. The first kappa shape index (κ1) is 16.9. The van der Waals surface area contributed by atoms with Gasteiger partial charge in [-0.05, 0) is 38.3 Å². The highest BCUT2D eigenvalue weighted by molar-refractivity contribution is 5.82. The molecule has 0 atom stereocenters. The third-order valence-electron chi connectivity index (χ3n) is 3.62. The van der Waals surface area contributed by atoms with Crippen LogP contribution < -0.4 is 10.5 Å². The molecule has 21 heavy (non-hydrogen) atoms. The van der Waals surface area contributed by atoms with Gasteiger partial charge < -0.3 is 10.5 Å². The van der Waals surface area contributed by atoms with Gasteiger partial charge in [0.25, 0.3) is 5.69 Å². The Morgan fingerprint density at radius 2 is 2.00 bits per heavy atom. The van der Waals surface area contributed by atoms with Crippen LogP contribution in [0.5, 0.6) is 5.75 Å². The van der Waals surface area contributed by atoms with Gasteiger partial charge in [0.2, 0.25) is 0 Å².